The fourth-order valence-electron chi connectivity index (χ4n) is 4.03. The molecule has 1 saturated heterocycles. The van der Waals surface area contributed by atoms with E-state index in [-0.39, 0.29) is 17.1 Å². The molecule has 7 nitrogen and oxygen atoms in total. The number of hydrogen-bond acceptors (Lipinski definition) is 5. The van der Waals surface area contributed by atoms with Gasteiger partial charge >= 0.3 is 0 Å². The van der Waals surface area contributed by atoms with Gasteiger partial charge in [-0.3, -0.25) is 4.79 Å². The molecule has 9 heteroatoms. The van der Waals surface area contributed by atoms with Crippen LogP contribution in [0.15, 0.2) is 46.3 Å². The number of hydrogen-bond donors (Lipinski definition) is 0. The number of rotatable bonds is 3. The average molecular weight is 474 g/mol. The zero-order valence-corrected chi connectivity index (χ0v) is 20.5. The molecule has 32 heavy (non-hydrogen) atoms. The summed E-state index contributed by atoms with van der Waals surface area (Å²) in [5.74, 6) is -0.404. The summed E-state index contributed by atoms with van der Waals surface area (Å²) in [4.78, 5) is 17.9. The van der Waals surface area contributed by atoms with E-state index in [9.17, 15) is 13.2 Å². The number of amides is 1. The summed E-state index contributed by atoms with van der Waals surface area (Å²) in [6.07, 6.45) is -0.328. The van der Waals surface area contributed by atoms with Crippen LogP contribution >= 0.6 is 11.3 Å². The molecule has 3 aromatic rings. The van der Waals surface area contributed by atoms with E-state index in [1.54, 1.807) is 0 Å². The van der Waals surface area contributed by atoms with Crippen LogP contribution in [0.5, 0.6) is 0 Å². The van der Waals surface area contributed by atoms with Crippen LogP contribution in [-0.4, -0.2) is 48.5 Å². The van der Waals surface area contributed by atoms with Gasteiger partial charge in [0.2, 0.25) is 10.0 Å². The Labute approximate surface area is 192 Å². The van der Waals surface area contributed by atoms with Gasteiger partial charge in [0, 0.05) is 25.7 Å². The minimum absolute atomic E-state index is 0.161. The van der Waals surface area contributed by atoms with Gasteiger partial charge in [-0.15, -0.1) is 0 Å². The maximum atomic E-state index is 13.0. The number of ether oxygens (including phenoxy) is 1. The fourth-order valence-corrected chi connectivity index (χ4v) is 6.70. The highest BCUT2D eigenvalue weighted by Crippen LogP contribution is 2.24. The van der Waals surface area contributed by atoms with Crippen molar-refractivity contribution >= 4 is 37.5 Å². The monoisotopic (exact) mass is 473 g/mol. The van der Waals surface area contributed by atoms with Crippen LogP contribution in [0.1, 0.15) is 35.3 Å². The first-order valence-electron chi connectivity index (χ1n) is 10.5. The number of carbonyl (C=O) groups excluding carboxylic acids is 1. The van der Waals surface area contributed by atoms with E-state index in [1.807, 2.05) is 31.5 Å². The number of carbonyl (C=O) groups is 1. The maximum absolute atomic E-state index is 13.0. The van der Waals surface area contributed by atoms with E-state index in [0.717, 1.165) is 15.8 Å². The molecule has 0 bridgehead atoms. The van der Waals surface area contributed by atoms with Crippen LogP contribution in [0.2, 0.25) is 0 Å². The van der Waals surface area contributed by atoms with Gasteiger partial charge in [-0.25, -0.2) is 8.42 Å². The predicted molar refractivity (Wildman–Crippen MR) is 125 cm³/mol. The molecule has 0 saturated carbocycles. The van der Waals surface area contributed by atoms with E-state index in [4.69, 9.17) is 4.74 Å². The van der Waals surface area contributed by atoms with Crippen molar-refractivity contribution in [1.29, 1.82) is 0 Å². The van der Waals surface area contributed by atoms with Crippen molar-refractivity contribution in [2.75, 3.05) is 13.1 Å². The summed E-state index contributed by atoms with van der Waals surface area (Å²) in [6, 6.07) is 10.1. The average Bonchev–Trinajstić information content (AvgIpc) is 3.06. The van der Waals surface area contributed by atoms with Crippen molar-refractivity contribution in [1.82, 2.24) is 8.87 Å². The molecule has 2 aromatic carbocycles. The van der Waals surface area contributed by atoms with Gasteiger partial charge < -0.3 is 9.30 Å². The van der Waals surface area contributed by atoms with Crippen LogP contribution in [0, 0.1) is 13.8 Å². The minimum Gasteiger partial charge on any atom is -0.373 e. The Bertz CT molecular complexity index is 1340. The summed E-state index contributed by atoms with van der Waals surface area (Å²) in [6.45, 7) is 8.46. The highest BCUT2D eigenvalue weighted by atomic mass is 32.2. The van der Waals surface area contributed by atoms with Gasteiger partial charge in [0.1, 0.15) is 0 Å². The molecule has 0 radical (unpaired) electrons. The van der Waals surface area contributed by atoms with E-state index >= 15 is 0 Å². The van der Waals surface area contributed by atoms with Gasteiger partial charge in [-0.05, 0) is 69.2 Å². The second-order valence-electron chi connectivity index (χ2n) is 8.32. The third-order valence-electron chi connectivity index (χ3n) is 5.81. The summed E-state index contributed by atoms with van der Waals surface area (Å²) in [7, 11) is -1.75. The predicted octanol–water partition coefficient (Wildman–Crippen LogP) is 3.40. The van der Waals surface area contributed by atoms with Crippen molar-refractivity contribution in [3.05, 3.63) is 57.9 Å². The van der Waals surface area contributed by atoms with E-state index in [0.29, 0.717) is 23.5 Å². The quantitative estimate of drug-likeness (QED) is 0.584. The fraction of sp³-hybridized carbons (Fsp3) is 0.391. The molecule has 1 aliphatic heterocycles. The molecular weight excluding hydrogens is 446 g/mol. The highest BCUT2D eigenvalue weighted by molar-refractivity contribution is 7.89. The standard InChI is InChI=1S/C23H27N3O4S2/c1-14-6-11-20-21(17(14)4)25(5)23(31-20)24-22(27)18-7-9-19(10-8-18)32(28,29)26-12-15(2)30-16(3)13-26/h6-11,15-16H,12-13H2,1-5H3/t15-,16+. The molecule has 2 heterocycles. The summed E-state index contributed by atoms with van der Waals surface area (Å²) < 4.78 is 36.1. The first-order valence-corrected chi connectivity index (χ1v) is 12.7. The van der Waals surface area contributed by atoms with Gasteiger partial charge in [-0.1, -0.05) is 17.4 Å². The Morgan fingerprint density at radius 3 is 2.31 bits per heavy atom. The number of sulfonamides is 1. The van der Waals surface area contributed by atoms with Gasteiger partial charge in [0.15, 0.2) is 4.80 Å². The minimum atomic E-state index is -3.65. The Hall–Kier alpha value is -2.33. The van der Waals surface area contributed by atoms with Crippen molar-refractivity contribution in [3.8, 4) is 0 Å². The highest BCUT2D eigenvalue weighted by Gasteiger charge is 2.32. The number of morpholine rings is 1. The molecule has 0 spiro atoms. The molecule has 1 fully saturated rings. The maximum Gasteiger partial charge on any atom is 0.279 e. The Morgan fingerprint density at radius 2 is 1.69 bits per heavy atom. The van der Waals surface area contributed by atoms with Gasteiger partial charge in [0.25, 0.3) is 5.91 Å². The first kappa shape index (κ1) is 22.8. The molecule has 170 valence electrons. The van der Waals surface area contributed by atoms with Gasteiger partial charge in [0.05, 0.1) is 27.3 Å². The lowest BCUT2D eigenvalue weighted by Gasteiger charge is -2.34. The third-order valence-corrected chi connectivity index (χ3v) is 8.75. The second kappa shape index (κ2) is 8.55. The zero-order valence-electron chi connectivity index (χ0n) is 18.8. The summed E-state index contributed by atoms with van der Waals surface area (Å²) >= 11 is 1.46. The van der Waals surface area contributed by atoms with E-state index < -0.39 is 15.9 Å². The number of fused-ring (bicyclic) bond motifs is 1. The van der Waals surface area contributed by atoms with Crippen LogP contribution < -0.4 is 4.80 Å². The van der Waals surface area contributed by atoms with Crippen LogP contribution in [-0.2, 0) is 21.8 Å². The summed E-state index contributed by atoms with van der Waals surface area (Å²) in [5, 5.41) is 0. The Balaban J connectivity index is 1.62. The molecule has 2 atom stereocenters. The van der Waals surface area contributed by atoms with Crippen molar-refractivity contribution < 1.29 is 17.9 Å². The van der Waals surface area contributed by atoms with E-state index in [1.165, 1.54) is 45.5 Å². The molecule has 0 unspecified atom stereocenters. The van der Waals surface area contributed by atoms with Crippen LogP contribution in [0.25, 0.3) is 10.2 Å². The van der Waals surface area contributed by atoms with Crippen molar-refractivity contribution in [3.63, 3.8) is 0 Å². The Kier molecular flexibility index (Phi) is 6.10. The molecule has 0 aliphatic carbocycles. The first-order chi connectivity index (χ1) is 15.1. The molecular formula is C23H27N3O4S2. The lowest BCUT2D eigenvalue weighted by molar-refractivity contribution is -0.0440. The SMILES string of the molecule is Cc1ccc2sc(=NC(=O)c3ccc(S(=O)(=O)N4C[C@@H](C)O[C@@H](C)C4)cc3)n(C)c2c1C. The lowest BCUT2D eigenvalue weighted by Crippen LogP contribution is -2.48. The smallest absolute Gasteiger partial charge is 0.279 e. The van der Waals surface area contributed by atoms with Gasteiger partial charge in [-0.2, -0.15) is 9.30 Å². The molecule has 1 aromatic heterocycles. The normalized spacial score (nSPS) is 20.7. The van der Waals surface area contributed by atoms with Crippen molar-refractivity contribution in [2.24, 2.45) is 12.0 Å². The largest absolute Gasteiger partial charge is 0.373 e. The Morgan fingerprint density at radius 1 is 1.06 bits per heavy atom. The third kappa shape index (κ3) is 4.17. The summed E-state index contributed by atoms with van der Waals surface area (Å²) in [5.41, 5.74) is 3.76. The number of benzene rings is 2. The number of thiazole rings is 1. The van der Waals surface area contributed by atoms with E-state index in [2.05, 4.69) is 24.9 Å². The van der Waals surface area contributed by atoms with Crippen LogP contribution in [0.4, 0.5) is 0 Å². The molecule has 1 aliphatic rings. The van der Waals surface area contributed by atoms with Crippen LogP contribution in [0.3, 0.4) is 0 Å². The zero-order chi connectivity index (χ0) is 23.2. The number of nitrogens with zero attached hydrogens (tertiary/aromatic N) is 3. The molecule has 4 rings (SSSR count). The second-order valence-corrected chi connectivity index (χ2v) is 11.3. The lowest BCUT2D eigenvalue weighted by atomic mass is 10.1. The molecule has 0 N–H and O–H groups in total. The number of aromatic nitrogens is 1. The molecule has 1 amide bonds. The van der Waals surface area contributed by atoms with Crippen molar-refractivity contribution in [2.45, 2.75) is 44.8 Å². The topological polar surface area (TPSA) is 81.0 Å². The number of aryl methyl sites for hydroxylation is 3.